The zero-order chi connectivity index (χ0) is 17.6. The van der Waals surface area contributed by atoms with Gasteiger partial charge < -0.3 is 20.3 Å². The molecule has 2 aromatic rings. The second-order valence-corrected chi connectivity index (χ2v) is 6.16. The average Bonchev–Trinajstić information content (AvgIpc) is 3.07. The van der Waals surface area contributed by atoms with Crippen LogP contribution in [0.3, 0.4) is 0 Å². The molecule has 1 fully saturated rings. The van der Waals surface area contributed by atoms with E-state index in [1.54, 1.807) is 7.11 Å². The summed E-state index contributed by atoms with van der Waals surface area (Å²) in [4.78, 5) is 14.6. The predicted molar refractivity (Wildman–Crippen MR) is 97.0 cm³/mol. The summed E-state index contributed by atoms with van der Waals surface area (Å²) in [7, 11) is 1.66. The van der Waals surface area contributed by atoms with E-state index >= 15 is 0 Å². The molecule has 7 nitrogen and oxygen atoms in total. The van der Waals surface area contributed by atoms with Gasteiger partial charge in [0.2, 0.25) is 5.91 Å². The molecule has 0 radical (unpaired) electrons. The van der Waals surface area contributed by atoms with Gasteiger partial charge in [-0.2, -0.15) is 5.10 Å². The normalized spacial score (nSPS) is 17.4. The van der Waals surface area contributed by atoms with Crippen molar-refractivity contribution in [1.82, 2.24) is 20.4 Å². The summed E-state index contributed by atoms with van der Waals surface area (Å²) < 4.78 is 7.04. The second-order valence-electron chi connectivity index (χ2n) is 6.16. The SMILES string of the molecule is COc1ccc(N2CCN[C@@H](C(=O)NCCn3ccc(C)n3)C2)cc1. The van der Waals surface area contributed by atoms with Gasteiger partial charge in [-0.3, -0.25) is 9.48 Å². The maximum Gasteiger partial charge on any atom is 0.239 e. The first kappa shape index (κ1) is 17.3. The van der Waals surface area contributed by atoms with Gasteiger partial charge in [-0.25, -0.2) is 0 Å². The Morgan fingerprint density at radius 1 is 1.36 bits per heavy atom. The Bertz CT molecular complexity index is 698. The van der Waals surface area contributed by atoms with Crippen LogP contribution in [-0.2, 0) is 11.3 Å². The lowest BCUT2D eigenvalue weighted by Gasteiger charge is -2.34. The third kappa shape index (κ3) is 4.51. The molecule has 1 aliphatic rings. The fourth-order valence-corrected chi connectivity index (χ4v) is 2.96. The van der Waals surface area contributed by atoms with Crippen molar-refractivity contribution in [1.29, 1.82) is 0 Å². The van der Waals surface area contributed by atoms with Gasteiger partial charge in [0.25, 0.3) is 0 Å². The molecular formula is C18H25N5O2. The Kier molecular flexibility index (Phi) is 5.55. The first-order chi connectivity index (χ1) is 12.2. The van der Waals surface area contributed by atoms with Gasteiger partial charge >= 0.3 is 0 Å². The van der Waals surface area contributed by atoms with Gasteiger partial charge in [-0.05, 0) is 37.3 Å². The van der Waals surface area contributed by atoms with Crippen molar-refractivity contribution in [2.45, 2.75) is 19.5 Å². The molecule has 0 unspecified atom stereocenters. The predicted octanol–water partition coefficient (Wildman–Crippen LogP) is 0.795. The highest BCUT2D eigenvalue weighted by Crippen LogP contribution is 2.20. The van der Waals surface area contributed by atoms with Crippen molar-refractivity contribution in [3.05, 3.63) is 42.2 Å². The fourth-order valence-electron chi connectivity index (χ4n) is 2.96. The Hall–Kier alpha value is -2.54. The van der Waals surface area contributed by atoms with E-state index in [-0.39, 0.29) is 11.9 Å². The highest BCUT2D eigenvalue weighted by molar-refractivity contribution is 5.82. The number of aryl methyl sites for hydroxylation is 1. The van der Waals surface area contributed by atoms with Crippen molar-refractivity contribution in [3.8, 4) is 5.75 Å². The molecular weight excluding hydrogens is 318 g/mol. The monoisotopic (exact) mass is 343 g/mol. The Morgan fingerprint density at radius 3 is 2.84 bits per heavy atom. The van der Waals surface area contributed by atoms with Crippen LogP contribution in [0, 0.1) is 6.92 Å². The molecule has 2 heterocycles. The molecule has 0 aliphatic carbocycles. The minimum atomic E-state index is -0.213. The summed E-state index contributed by atoms with van der Waals surface area (Å²) in [6.07, 6.45) is 1.92. The summed E-state index contributed by atoms with van der Waals surface area (Å²) in [5, 5.41) is 10.6. The summed E-state index contributed by atoms with van der Waals surface area (Å²) >= 11 is 0. The molecule has 1 amide bonds. The minimum absolute atomic E-state index is 0.0297. The number of aromatic nitrogens is 2. The zero-order valence-electron chi connectivity index (χ0n) is 14.7. The van der Waals surface area contributed by atoms with E-state index in [1.807, 2.05) is 48.1 Å². The lowest BCUT2D eigenvalue weighted by atomic mass is 10.1. The van der Waals surface area contributed by atoms with Gasteiger partial charge in [0.05, 0.1) is 19.3 Å². The summed E-state index contributed by atoms with van der Waals surface area (Å²) in [5.74, 6) is 0.865. The van der Waals surface area contributed by atoms with Gasteiger partial charge in [-0.1, -0.05) is 0 Å². The molecule has 2 N–H and O–H groups in total. The van der Waals surface area contributed by atoms with Crippen molar-refractivity contribution < 1.29 is 9.53 Å². The molecule has 134 valence electrons. The number of hydrogen-bond acceptors (Lipinski definition) is 5. The van der Waals surface area contributed by atoms with Gasteiger partial charge in [0.15, 0.2) is 0 Å². The third-order valence-electron chi connectivity index (χ3n) is 4.34. The lowest BCUT2D eigenvalue weighted by Crippen LogP contribution is -2.57. The van der Waals surface area contributed by atoms with Crippen LogP contribution in [0.2, 0.25) is 0 Å². The Labute approximate surface area is 148 Å². The van der Waals surface area contributed by atoms with Crippen LogP contribution < -0.4 is 20.3 Å². The van der Waals surface area contributed by atoms with E-state index in [2.05, 4.69) is 20.6 Å². The van der Waals surface area contributed by atoms with Crippen molar-refractivity contribution >= 4 is 11.6 Å². The van der Waals surface area contributed by atoms with E-state index in [9.17, 15) is 4.79 Å². The number of benzene rings is 1. The maximum atomic E-state index is 12.4. The van der Waals surface area contributed by atoms with Crippen LogP contribution >= 0.6 is 0 Å². The van der Waals surface area contributed by atoms with Crippen LogP contribution in [0.5, 0.6) is 5.75 Å². The number of anilines is 1. The number of hydrogen-bond donors (Lipinski definition) is 2. The Balaban J connectivity index is 1.50. The average molecular weight is 343 g/mol. The molecule has 1 aromatic carbocycles. The van der Waals surface area contributed by atoms with Crippen LogP contribution in [0.4, 0.5) is 5.69 Å². The number of ether oxygens (including phenoxy) is 1. The van der Waals surface area contributed by atoms with Crippen molar-refractivity contribution in [2.24, 2.45) is 0 Å². The largest absolute Gasteiger partial charge is 0.497 e. The van der Waals surface area contributed by atoms with E-state index in [1.165, 1.54) is 0 Å². The smallest absolute Gasteiger partial charge is 0.239 e. The number of methoxy groups -OCH3 is 1. The van der Waals surface area contributed by atoms with Gasteiger partial charge in [0.1, 0.15) is 11.8 Å². The zero-order valence-corrected chi connectivity index (χ0v) is 14.7. The number of carbonyl (C=O) groups is 1. The molecule has 1 saturated heterocycles. The van der Waals surface area contributed by atoms with Crippen molar-refractivity contribution in [2.75, 3.05) is 38.2 Å². The summed E-state index contributed by atoms with van der Waals surface area (Å²) in [5.41, 5.74) is 2.09. The van der Waals surface area contributed by atoms with Crippen LogP contribution in [0.25, 0.3) is 0 Å². The molecule has 0 spiro atoms. The molecule has 25 heavy (non-hydrogen) atoms. The van der Waals surface area contributed by atoms with E-state index in [0.717, 1.165) is 30.2 Å². The molecule has 1 atom stereocenters. The number of amides is 1. The quantitative estimate of drug-likeness (QED) is 0.812. The Morgan fingerprint density at radius 2 is 2.16 bits per heavy atom. The van der Waals surface area contributed by atoms with Crippen LogP contribution in [0.15, 0.2) is 36.5 Å². The molecule has 0 saturated carbocycles. The first-order valence-corrected chi connectivity index (χ1v) is 8.56. The standard InChI is InChI=1S/C18H25N5O2/c1-14-7-10-23(21-14)12-9-20-18(24)17-13-22(11-8-19-17)15-3-5-16(25-2)6-4-15/h3-7,10,17,19H,8-9,11-13H2,1-2H3,(H,20,24)/t17-/m1/s1. The number of nitrogens with one attached hydrogen (secondary N) is 2. The molecule has 1 aromatic heterocycles. The van der Waals surface area contributed by atoms with E-state index < -0.39 is 0 Å². The van der Waals surface area contributed by atoms with E-state index in [0.29, 0.717) is 19.6 Å². The van der Waals surface area contributed by atoms with Crippen LogP contribution in [0.1, 0.15) is 5.69 Å². The summed E-state index contributed by atoms with van der Waals surface area (Å²) in [6.45, 7) is 5.51. The number of nitrogens with zero attached hydrogens (tertiary/aromatic N) is 3. The molecule has 7 heteroatoms. The van der Waals surface area contributed by atoms with E-state index in [4.69, 9.17) is 4.74 Å². The molecule has 1 aliphatic heterocycles. The van der Waals surface area contributed by atoms with Gasteiger partial charge in [0, 0.05) is 38.1 Å². The third-order valence-corrected chi connectivity index (χ3v) is 4.34. The fraction of sp³-hybridized carbons (Fsp3) is 0.444. The highest BCUT2D eigenvalue weighted by Gasteiger charge is 2.25. The van der Waals surface area contributed by atoms with Gasteiger partial charge in [-0.15, -0.1) is 0 Å². The topological polar surface area (TPSA) is 71.4 Å². The molecule has 0 bridgehead atoms. The maximum absolute atomic E-state index is 12.4. The lowest BCUT2D eigenvalue weighted by molar-refractivity contribution is -0.123. The highest BCUT2D eigenvalue weighted by atomic mass is 16.5. The number of rotatable bonds is 6. The number of carbonyl (C=O) groups excluding carboxylic acids is 1. The van der Waals surface area contributed by atoms with Crippen molar-refractivity contribution in [3.63, 3.8) is 0 Å². The number of piperazine rings is 1. The minimum Gasteiger partial charge on any atom is -0.497 e. The summed E-state index contributed by atoms with van der Waals surface area (Å²) in [6, 6.07) is 9.68. The molecule has 3 rings (SSSR count). The first-order valence-electron chi connectivity index (χ1n) is 8.56. The van der Waals surface area contributed by atoms with Crippen LogP contribution in [-0.4, -0.2) is 55.0 Å². The second kappa shape index (κ2) is 8.02.